The predicted molar refractivity (Wildman–Crippen MR) is 83.7 cm³/mol. The van der Waals surface area contributed by atoms with Crippen molar-refractivity contribution in [1.82, 2.24) is 10.2 Å². The number of nitrogens with zero attached hydrogens (tertiary/aromatic N) is 1. The van der Waals surface area contributed by atoms with Crippen LogP contribution in [0.25, 0.3) is 0 Å². The summed E-state index contributed by atoms with van der Waals surface area (Å²) in [5, 5.41) is 3.68. The van der Waals surface area contributed by atoms with Gasteiger partial charge < -0.3 is 5.32 Å². The van der Waals surface area contributed by atoms with E-state index in [0.717, 1.165) is 25.9 Å². The van der Waals surface area contributed by atoms with Crippen LogP contribution in [0.3, 0.4) is 0 Å². The topological polar surface area (TPSA) is 49.4 Å². The van der Waals surface area contributed by atoms with E-state index in [4.69, 9.17) is 0 Å². The molecule has 2 aliphatic rings. The van der Waals surface area contributed by atoms with Gasteiger partial charge in [0, 0.05) is 30.2 Å². The van der Waals surface area contributed by atoms with Gasteiger partial charge in [-0.15, -0.1) is 0 Å². The molecule has 2 heterocycles. The molecule has 0 saturated carbocycles. The maximum absolute atomic E-state index is 12.0. The second kappa shape index (κ2) is 5.25. The van der Waals surface area contributed by atoms with Crippen molar-refractivity contribution in [3.8, 4) is 0 Å². The predicted octanol–water partition coefficient (Wildman–Crippen LogP) is 1.66. The lowest BCUT2D eigenvalue weighted by molar-refractivity contribution is -0.0112. The molecular weight excluding hydrogens is 272 g/mol. The molecule has 3 atom stereocenters. The van der Waals surface area contributed by atoms with Crippen LogP contribution < -0.4 is 5.32 Å². The van der Waals surface area contributed by atoms with Crippen LogP contribution in [0.15, 0.2) is 0 Å². The molecule has 2 saturated heterocycles. The van der Waals surface area contributed by atoms with Gasteiger partial charge in [0.1, 0.15) is 0 Å². The van der Waals surface area contributed by atoms with E-state index in [2.05, 4.69) is 44.8 Å². The lowest BCUT2D eigenvalue weighted by Gasteiger charge is -2.53. The summed E-state index contributed by atoms with van der Waals surface area (Å²) < 4.78 is 23.9. The van der Waals surface area contributed by atoms with Crippen LogP contribution in [0.2, 0.25) is 0 Å². The van der Waals surface area contributed by atoms with Crippen LogP contribution in [0.4, 0.5) is 0 Å². The number of piperazine rings is 1. The number of hydrogen-bond acceptors (Lipinski definition) is 4. The minimum Gasteiger partial charge on any atom is -0.309 e. The van der Waals surface area contributed by atoms with E-state index >= 15 is 0 Å². The van der Waals surface area contributed by atoms with Crippen LogP contribution in [-0.2, 0) is 9.84 Å². The van der Waals surface area contributed by atoms with E-state index in [1.807, 2.05) is 0 Å². The van der Waals surface area contributed by atoms with E-state index in [9.17, 15) is 8.42 Å². The Morgan fingerprint density at radius 3 is 2.45 bits per heavy atom. The zero-order chi connectivity index (χ0) is 15.2. The monoisotopic (exact) mass is 302 g/mol. The van der Waals surface area contributed by atoms with Gasteiger partial charge in [-0.05, 0) is 32.6 Å². The Hall–Kier alpha value is -0.130. The standard InChI is InChI=1S/C15H30N2O2S/c1-6-14(4)10-17(13(9-16-14)12(2)3)15(5)7-8-20(18,19)11-15/h12-13,16H,6-11H2,1-5H3. The molecule has 0 bridgehead atoms. The van der Waals surface area contributed by atoms with Crippen molar-refractivity contribution >= 4 is 9.84 Å². The van der Waals surface area contributed by atoms with Gasteiger partial charge in [0.05, 0.1) is 11.5 Å². The SMILES string of the molecule is CCC1(C)CN(C2(C)CCS(=O)(=O)C2)C(C(C)C)CN1. The van der Waals surface area contributed by atoms with Crippen molar-refractivity contribution in [3.63, 3.8) is 0 Å². The third-order valence-electron chi connectivity index (χ3n) is 5.38. The molecule has 1 N–H and O–H groups in total. The molecule has 5 heteroatoms. The molecule has 118 valence electrons. The zero-order valence-electron chi connectivity index (χ0n) is 13.6. The largest absolute Gasteiger partial charge is 0.309 e. The minimum atomic E-state index is -2.86. The van der Waals surface area contributed by atoms with Gasteiger partial charge in [-0.2, -0.15) is 0 Å². The molecule has 0 spiro atoms. The van der Waals surface area contributed by atoms with E-state index in [0.29, 0.717) is 23.5 Å². The van der Waals surface area contributed by atoms with Gasteiger partial charge in [0.2, 0.25) is 0 Å². The fourth-order valence-corrected chi connectivity index (χ4v) is 5.81. The van der Waals surface area contributed by atoms with Crippen LogP contribution in [0, 0.1) is 5.92 Å². The third-order valence-corrected chi connectivity index (χ3v) is 7.27. The van der Waals surface area contributed by atoms with E-state index in [-0.39, 0.29) is 11.1 Å². The molecule has 2 fully saturated rings. The Balaban J connectivity index is 2.28. The number of sulfone groups is 1. The lowest BCUT2D eigenvalue weighted by atomic mass is 9.84. The Bertz CT molecular complexity index is 462. The average Bonchev–Trinajstić information content (AvgIpc) is 2.64. The first-order chi connectivity index (χ1) is 9.11. The Morgan fingerprint density at radius 1 is 1.35 bits per heavy atom. The van der Waals surface area contributed by atoms with E-state index in [1.165, 1.54) is 0 Å². The van der Waals surface area contributed by atoms with Gasteiger partial charge >= 0.3 is 0 Å². The summed E-state index contributed by atoms with van der Waals surface area (Å²) in [4.78, 5) is 2.50. The summed E-state index contributed by atoms with van der Waals surface area (Å²) in [5.74, 6) is 1.20. The average molecular weight is 302 g/mol. The van der Waals surface area contributed by atoms with Crippen molar-refractivity contribution < 1.29 is 8.42 Å². The summed E-state index contributed by atoms with van der Waals surface area (Å²) in [6, 6.07) is 0.424. The second-order valence-electron chi connectivity index (χ2n) is 7.57. The van der Waals surface area contributed by atoms with Crippen molar-refractivity contribution in [1.29, 1.82) is 0 Å². The highest BCUT2D eigenvalue weighted by atomic mass is 32.2. The Kier molecular flexibility index (Phi) is 4.27. The van der Waals surface area contributed by atoms with Gasteiger partial charge in [-0.1, -0.05) is 20.8 Å². The molecule has 0 aromatic rings. The highest BCUT2D eigenvalue weighted by molar-refractivity contribution is 7.91. The van der Waals surface area contributed by atoms with Gasteiger partial charge in [-0.25, -0.2) is 8.42 Å². The summed E-state index contributed by atoms with van der Waals surface area (Å²) in [6.45, 7) is 13.0. The maximum Gasteiger partial charge on any atom is 0.152 e. The highest BCUT2D eigenvalue weighted by Crippen LogP contribution is 2.36. The molecule has 0 aliphatic carbocycles. The first kappa shape index (κ1) is 16.2. The van der Waals surface area contributed by atoms with Gasteiger partial charge in [0.25, 0.3) is 0 Å². The van der Waals surface area contributed by atoms with E-state index < -0.39 is 9.84 Å². The number of rotatable bonds is 3. The van der Waals surface area contributed by atoms with Crippen molar-refractivity contribution in [2.75, 3.05) is 24.6 Å². The van der Waals surface area contributed by atoms with Crippen LogP contribution in [-0.4, -0.2) is 55.0 Å². The van der Waals surface area contributed by atoms with Crippen LogP contribution >= 0.6 is 0 Å². The van der Waals surface area contributed by atoms with Crippen molar-refractivity contribution in [2.24, 2.45) is 5.92 Å². The normalized spacial score (nSPS) is 42.2. The molecular formula is C15H30N2O2S. The molecule has 4 nitrogen and oxygen atoms in total. The molecule has 2 rings (SSSR count). The number of nitrogens with one attached hydrogen (secondary N) is 1. The Morgan fingerprint density at radius 2 is 2.00 bits per heavy atom. The fraction of sp³-hybridized carbons (Fsp3) is 1.00. The smallest absolute Gasteiger partial charge is 0.152 e. The summed E-state index contributed by atoms with van der Waals surface area (Å²) >= 11 is 0. The molecule has 20 heavy (non-hydrogen) atoms. The molecule has 0 amide bonds. The maximum atomic E-state index is 12.0. The van der Waals surface area contributed by atoms with Gasteiger partial charge in [-0.3, -0.25) is 4.90 Å². The quantitative estimate of drug-likeness (QED) is 0.861. The summed E-state index contributed by atoms with van der Waals surface area (Å²) in [7, 11) is -2.86. The van der Waals surface area contributed by atoms with Crippen molar-refractivity contribution in [3.05, 3.63) is 0 Å². The second-order valence-corrected chi connectivity index (χ2v) is 9.76. The molecule has 0 aromatic heterocycles. The third kappa shape index (κ3) is 3.04. The summed E-state index contributed by atoms with van der Waals surface area (Å²) in [5.41, 5.74) is -0.0902. The zero-order valence-corrected chi connectivity index (χ0v) is 14.4. The van der Waals surface area contributed by atoms with Gasteiger partial charge in [0.15, 0.2) is 9.84 Å². The van der Waals surface area contributed by atoms with Crippen LogP contribution in [0.1, 0.15) is 47.5 Å². The van der Waals surface area contributed by atoms with Crippen molar-refractivity contribution in [2.45, 2.75) is 64.6 Å². The lowest BCUT2D eigenvalue weighted by Crippen LogP contribution is -2.69. The number of hydrogen-bond donors (Lipinski definition) is 1. The molecule has 3 unspecified atom stereocenters. The Labute approximate surface area is 124 Å². The molecule has 0 radical (unpaired) electrons. The minimum absolute atomic E-state index is 0.0980. The first-order valence-electron chi connectivity index (χ1n) is 7.83. The summed E-state index contributed by atoms with van der Waals surface area (Å²) in [6.07, 6.45) is 1.84. The fourth-order valence-electron chi connectivity index (χ4n) is 3.65. The molecule has 2 aliphatic heterocycles. The van der Waals surface area contributed by atoms with E-state index in [1.54, 1.807) is 0 Å². The van der Waals surface area contributed by atoms with Crippen LogP contribution in [0.5, 0.6) is 0 Å². The first-order valence-corrected chi connectivity index (χ1v) is 9.65. The molecule has 0 aromatic carbocycles. The highest BCUT2D eigenvalue weighted by Gasteiger charge is 2.49.